The van der Waals surface area contributed by atoms with Crippen molar-refractivity contribution in [3.63, 3.8) is 0 Å². The van der Waals surface area contributed by atoms with E-state index in [-0.39, 0.29) is 0 Å². The van der Waals surface area contributed by atoms with Crippen molar-refractivity contribution in [3.8, 4) is 11.5 Å². The van der Waals surface area contributed by atoms with Crippen LogP contribution in [0.15, 0.2) is 42.5 Å². The van der Waals surface area contributed by atoms with Gasteiger partial charge in [-0.25, -0.2) is 4.79 Å². The van der Waals surface area contributed by atoms with E-state index in [4.69, 9.17) is 14.2 Å². The second kappa shape index (κ2) is 7.47. The Bertz CT molecular complexity index is 928. The maximum atomic E-state index is 12.3. The maximum Gasteiger partial charge on any atom is 0.414 e. The average molecular weight is 383 g/mol. The summed E-state index contributed by atoms with van der Waals surface area (Å²) >= 11 is 0. The van der Waals surface area contributed by atoms with Gasteiger partial charge in [-0.1, -0.05) is 0 Å². The highest BCUT2D eigenvalue weighted by atomic mass is 16.6. The molecule has 0 saturated carbocycles. The lowest BCUT2D eigenvalue weighted by Gasteiger charge is -2.18. The number of hydrogen-bond donors (Lipinski definition) is 2. The van der Waals surface area contributed by atoms with E-state index >= 15 is 0 Å². The number of hydrazine groups is 1. The van der Waals surface area contributed by atoms with E-state index in [2.05, 4.69) is 10.9 Å². The molecule has 2 heterocycles. The Hall–Kier alpha value is -3.75. The SMILES string of the molecule is O=C(NNC(=O)c1ccc2c(c1)OCCO2)c1ccc(N2CCOC2=O)cc1. The number of cyclic esters (lactones) is 1. The fourth-order valence-electron chi connectivity index (χ4n) is 2.86. The lowest BCUT2D eigenvalue weighted by molar-refractivity contribution is 0.0846. The molecule has 2 N–H and O–H groups in total. The van der Waals surface area contributed by atoms with Gasteiger partial charge >= 0.3 is 6.09 Å². The van der Waals surface area contributed by atoms with Crippen molar-refractivity contribution < 1.29 is 28.6 Å². The van der Waals surface area contributed by atoms with Crippen LogP contribution in [-0.4, -0.2) is 44.3 Å². The maximum absolute atomic E-state index is 12.3. The molecule has 1 saturated heterocycles. The van der Waals surface area contributed by atoms with Crippen molar-refractivity contribution in [3.05, 3.63) is 53.6 Å². The summed E-state index contributed by atoms with van der Waals surface area (Å²) in [4.78, 5) is 37.5. The number of ether oxygens (including phenoxy) is 3. The zero-order valence-electron chi connectivity index (χ0n) is 14.8. The van der Waals surface area contributed by atoms with Crippen LogP contribution in [-0.2, 0) is 4.74 Å². The molecule has 0 bridgehead atoms. The first-order chi connectivity index (χ1) is 13.6. The van der Waals surface area contributed by atoms with E-state index in [1.165, 1.54) is 4.90 Å². The molecule has 0 aromatic heterocycles. The molecule has 9 nitrogen and oxygen atoms in total. The zero-order valence-corrected chi connectivity index (χ0v) is 14.8. The van der Waals surface area contributed by atoms with Crippen LogP contribution in [0.5, 0.6) is 11.5 Å². The summed E-state index contributed by atoms with van der Waals surface area (Å²) in [6.45, 7) is 1.69. The van der Waals surface area contributed by atoms with Crippen LogP contribution in [0.2, 0.25) is 0 Å². The fraction of sp³-hybridized carbons (Fsp3) is 0.211. The van der Waals surface area contributed by atoms with Crippen molar-refractivity contribution in [2.45, 2.75) is 0 Å². The van der Waals surface area contributed by atoms with Crippen LogP contribution in [0.4, 0.5) is 10.5 Å². The monoisotopic (exact) mass is 383 g/mol. The normalized spacial score (nSPS) is 15.0. The number of nitrogens with one attached hydrogen (secondary N) is 2. The molecule has 2 aliphatic rings. The van der Waals surface area contributed by atoms with Gasteiger partial charge in [0.25, 0.3) is 11.8 Å². The molecule has 1 fully saturated rings. The molecule has 144 valence electrons. The van der Waals surface area contributed by atoms with Crippen molar-refractivity contribution in [1.29, 1.82) is 0 Å². The minimum absolute atomic E-state index is 0.326. The third kappa shape index (κ3) is 3.54. The Balaban J connectivity index is 1.36. The molecule has 2 aromatic carbocycles. The molecule has 2 aliphatic heterocycles. The van der Waals surface area contributed by atoms with Gasteiger partial charge in [0.15, 0.2) is 11.5 Å². The van der Waals surface area contributed by atoms with Crippen LogP contribution in [0.1, 0.15) is 20.7 Å². The van der Waals surface area contributed by atoms with Crippen molar-refractivity contribution in [1.82, 2.24) is 10.9 Å². The van der Waals surface area contributed by atoms with E-state index in [0.717, 1.165) is 0 Å². The van der Waals surface area contributed by atoms with Gasteiger partial charge in [0.2, 0.25) is 0 Å². The van der Waals surface area contributed by atoms with E-state index in [1.54, 1.807) is 42.5 Å². The number of anilines is 1. The predicted molar refractivity (Wildman–Crippen MR) is 97.5 cm³/mol. The topological polar surface area (TPSA) is 106 Å². The summed E-state index contributed by atoms with van der Waals surface area (Å²) in [5, 5.41) is 0. The second-order valence-electron chi connectivity index (χ2n) is 6.08. The van der Waals surface area contributed by atoms with Crippen LogP contribution in [0.25, 0.3) is 0 Å². The quantitative estimate of drug-likeness (QED) is 0.778. The van der Waals surface area contributed by atoms with Gasteiger partial charge in [-0.2, -0.15) is 0 Å². The first-order valence-electron chi connectivity index (χ1n) is 8.66. The minimum atomic E-state index is -0.485. The third-order valence-corrected chi connectivity index (χ3v) is 4.30. The van der Waals surface area contributed by atoms with Gasteiger partial charge in [0.05, 0.1) is 6.54 Å². The van der Waals surface area contributed by atoms with Crippen LogP contribution >= 0.6 is 0 Å². The molecule has 0 aliphatic carbocycles. The van der Waals surface area contributed by atoms with Gasteiger partial charge in [-0.15, -0.1) is 0 Å². The smallest absolute Gasteiger partial charge is 0.414 e. The van der Waals surface area contributed by atoms with E-state index in [1.807, 2.05) is 0 Å². The molecule has 3 amide bonds. The molecule has 28 heavy (non-hydrogen) atoms. The highest BCUT2D eigenvalue weighted by molar-refractivity contribution is 5.99. The highest BCUT2D eigenvalue weighted by Gasteiger charge is 2.23. The van der Waals surface area contributed by atoms with E-state index in [0.29, 0.717) is 54.7 Å². The summed E-state index contributed by atoms with van der Waals surface area (Å²) in [5.74, 6) is 0.0956. The third-order valence-electron chi connectivity index (χ3n) is 4.30. The van der Waals surface area contributed by atoms with Crippen LogP contribution < -0.4 is 25.2 Å². The van der Waals surface area contributed by atoms with Crippen molar-refractivity contribution in [2.75, 3.05) is 31.3 Å². The summed E-state index contributed by atoms with van der Waals surface area (Å²) in [6, 6.07) is 11.2. The van der Waals surface area contributed by atoms with Gasteiger partial charge in [0.1, 0.15) is 19.8 Å². The molecule has 0 unspecified atom stereocenters. The number of hydrogen-bond acceptors (Lipinski definition) is 6. The lowest BCUT2D eigenvalue weighted by atomic mass is 10.2. The zero-order chi connectivity index (χ0) is 19.5. The van der Waals surface area contributed by atoms with Crippen molar-refractivity contribution in [2.24, 2.45) is 0 Å². The number of amides is 3. The van der Waals surface area contributed by atoms with Crippen LogP contribution in [0.3, 0.4) is 0 Å². The Morgan fingerprint density at radius 3 is 2.11 bits per heavy atom. The first kappa shape index (κ1) is 17.7. The Morgan fingerprint density at radius 2 is 1.43 bits per heavy atom. The molecule has 9 heteroatoms. The summed E-state index contributed by atoms with van der Waals surface area (Å²) < 4.78 is 15.7. The lowest BCUT2D eigenvalue weighted by Crippen LogP contribution is -2.41. The Kier molecular flexibility index (Phi) is 4.71. The molecular formula is C19H17N3O6. The summed E-state index contributed by atoms with van der Waals surface area (Å²) in [5.41, 5.74) is 6.02. The van der Waals surface area contributed by atoms with E-state index in [9.17, 15) is 14.4 Å². The molecule has 4 rings (SSSR count). The standard InChI is InChI=1S/C19H17N3O6/c23-17(12-1-4-14(5-2-12)22-7-8-28-19(22)25)20-21-18(24)13-3-6-15-16(11-13)27-10-9-26-15/h1-6,11H,7-10H2,(H,20,23)(H,21,24). The van der Waals surface area contributed by atoms with Gasteiger partial charge in [0, 0.05) is 16.8 Å². The molecule has 0 spiro atoms. The molecular weight excluding hydrogens is 366 g/mol. The van der Waals surface area contributed by atoms with Gasteiger partial charge < -0.3 is 14.2 Å². The van der Waals surface area contributed by atoms with Crippen LogP contribution in [0, 0.1) is 0 Å². The van der Waals surface area contributed by atoms with Gasteiger partial charge in [-0.3, -0.25) is 25.3 Å². The second-order valence-corrected chi connectivity index (χ2v) is 6.08. The summed E-state index contributed by atoms with van der Waals surface area (Å²) in [7, 11) is 0. The number of carbonyl (C=O) groups excluding carboxylic acids is 3. The number of carbonyl (C=O) groups is 3. The number of nitrogens with zero attached hydrogens (tertiary/aromatic N) is 1. The number of benzene rings is 2. The molecule has 2 aromatic rings. The van der Waals surface area contributed by atoms with E-state index < -0.39 is 17.9 Å². The minimum Gasteiger partial charge on any atom is -0.486 e. The first-order valence-corrected chi connectivity index (χ1v) is 8.66. The van der Waals surface area contributed by atoms with Crippen molar-refractivity contribution >= 4 is 23.6 Å². The Labute approximate surface area is 160 Å². The highest BCUT2D eigenvalue weighted by Crippen LogP contribution is 2.30. The average Bonchev–Trinajstić information content (AvgIpc) is 3.17. The predicted octanol–water partition coefficient (Wildman–Crippen LogP) is 1.49. The fourth-order valence-corrected chi connectivity index (χ4v) is 2.86. The molecule has 0 atom stereocenters. The largest absolute Gasteiger partial charge is 0.486 e. The number of rotatable bonds is 3. The molecule has 0 radical (unpaired) electrons. The Morgan fingerprint density at radius 1 is 0.786 bits per heavy atom. The summed E-state index contributed by atoms with van der Waals surface area (Å²) in [6.07, 6.45) is -0.413. The van der Waals surface area contributed by atoms with Gasteiger partial charge in [-0.05, 0) is 42.5 Å². The number of fused-ring (bicyclic) bond motifs is 1.